The Balaban J connectivity index is 2.50. The summed E-state index contributed by atoms with van der Waals surface area (Å²) in [7, 11) is 0. The van der Waals surface area contributed by atoms with E-state index in [1.807, 2.05) is 0 Å². The van der Waals surface area contributed by atoms with Crippen molar-refractivity contribution >= 4 is 5.96 Å². The zero-order valence-corrected chi connectivity index (χ0v) is 11.8. The van der Waals surface area contributed by atoms with Crippen LogP contribution in [0.1, 0.15) is 48.5 Å². The van der Waals surface area contributed by atoms with Gasteiger partial charge < -0.3 is 11.1 Å². The van der Waals surface area contributed by atoms with E-state index >= 15 is 0 Å². The van der Waals surface area contributed by atoms with Crippen LogP contribution in [-0.2, 0) is 0 Å². The van der Waals surface area contributed by atoms with Crippen LogP contribution < -0.4 is 11.1 Å². The average Bonchev–Trinajstić information content (AvgIpc) is 2.36. The highest BCUT2D eigenvalue weighted by atomic mass is 15.1. The monoisotopic (exact) mass is 225 g/mol. The van der Waals surface area contributed by atoms with Gasteiger partial charge in [0.15, 0.2) is 5.96 Å². The molecule has 0 atom stereocenters. The topological polar surface area (TPSA) is 50.4 Å². The van der Waals surface area contributed by atoms with E-state index in [1.54, 1.807) is 0 Å². The molecule has 0 bridgehead atoms. The maximum Gasteiger partial charge on any atom is 0.188 e. The second-order valence-electron chi connectivity index (χ2n) is 7.10. The summed E-state index contributed by atoms with van der Waals surface area (Å²) in [5.41, 5.74) is 6.62. The normalized spacial score (nSPS) is 24.3. The minimum Gasteiger partial charge on any atom is -0.370 e. The van der Waals surface area contributed by atoms with E-state index in [-0.39, 0.29) is 5.54 Å². The summed E-state index contributed by atoms with van der Waals surface area (Å²) in [6.45, 7) is 16.3. The van der Waals surface area contributed by atoms with Crippen molar-refractivity contribution in [3.8, 4) is 0 Å². The quantitative estimate of drug-likeness (QED) is 0.560. The Kier molecular flexibility index (Phi) is 3.03. The maximum atomic E-state index is 5.85. The maximum absolute atomic E-state index is 5.85. The molecule has 3 nitrogen and oxygen atoms in total. The second kappa shape index (κ2) is 3.64. The van der Waals surface area contributed by atoms with Crippen LogP contribution in [0.3, 0.4) is 0 Å². The van der Waals surface area contributed by atoms with Crippen molar-refractivity contribution in [1.29, 1.82) is 0 Å². The molecule has 16 heavy (non-hydrogen) atoms. The van der Waals surface area contributed by atoms with Crippen molar-refractivity contribution in [3.63, 3.8) is 0 Å². The van der Waals surface area contributed by atoms with E-state index in [4.69, 9.17) is 5.73 Å². The van der Waals surface area contributed by atoms with Crippen LogP contribution >= 0.6 is 0 Å². The molecule has 0 aromatic carbocycles. The van der Waals surface area contributed by atoms with Crippen molar-refractivity contribution in [2.75, 3.05) is 6.54 Å². The Morgan fingerprint density at radius 3 is 1.94 bits per heavy atom. The van der Waals surface area contributed by atoms with E-state index in [2.05, 4.69) is 58.8 Å². The first-order chi connectivity index (χ1) is 6.98. The molecule has 1 aliphatic rings. The van der Waals surface area contributed by atoms with Gasteiger partial charge in [0.05, 0.1) is 0 Å². The molecule has 3 N–H and O–H groups in total. The van der Waals surface area contributed by atoms with Gasteiger partial charge in [0, 0.05) is 12.1 Å². The van der Waals surface area contributed by atoms with Gasteiger partial charge in [0.2, 0.25) is 0 Å². The third-order valence-corrected chi connectivity index (χ3v) is 4.27. The third kappa shape index (κ3) is 2.50. The molecule has 0 unspecified atom stereocenters. The zero-order valence-electron chi connectivity index (χ0n) is 11.8. The molecular weight excluding hydrogens is 198 g/mol. The van der Waals surface area contributed by atoms with Gasteiger partial charge in [-0.2, -0.15) is 0 Å². The number of rotatable bonds is 2. The summed E-state index contributed by atoms with van der Waals surface area (Å²) in [5, 5.41) is 3.18. The summed E-state index contributed by atoms with van der Waals surface area (Å²) in [4.78, 5) is 4.45. The lowest BCUT2D eigenvalue weighted by Gasteiger charge is -2.21. The van der Waals surface area contributed by atoms with Gasteiger partial charge >= 0.3 is 0 Å². The lowest BCUT2D eigenvalue weighted by molar-refractivity contribution is 0.457. The molecule has 0 amide bonds. The predicted molar refractivity (Wildman–Crippen MR) is 70.4 cm³/mol. The Hall–Kier alpha value is -0.730. The highest BCUT2D eigenvalue weighted by molar-refractivity contribution is 5.78. The highest BCUT2D eigenvalue weighted by Crippen LogP contribution is 2.68. The van der Waals surface area contributed by atoms with Gasteiger partial charge in [0.25, 0.3) is 0 Å². The first kappa shape index (κ1) is 13.3. The smallest absolute Gasteiger partial charge is 0.188 e. The van der Waals surface area contributed by atoms with E-state index in [0.29, 0.717) is 22.7 Å². The first-order valence-electron chi connectivity index (χ1n) is 6.06. The van der Waals surface area contributed by atoms with Crippen LogP contribution in [0.15, 0.2) is 4.99 Å². The minimum absolute atomic E-state index is 0.0117. The molecule has 0 spiro atoms. The molecule has 3 heteroatoms. The molecule has 1 fully saturated rings. The van der Waals surface area contributed by atoms with Crippen LogP contribution in [-0.4, -0.2) is 18.0 Å². The Labute approximate surface area is 99.9 Å². The molecule has 0 aromatic rings. The molecule has 1 aliphatic carbocycles. The van der Waals surface area contributed by atoms with Crippen molar-refractivity contribution in [1.82, 2.24) is 5.32 Å². The average molecular weight is 225 g/mol. The Morgan fingerprint density at radius 2 is 1.62 bits per heavy atom. The molecule has 0 heterocycles. The van der Waals surface area contributed by atoms with Gasteiger partial charge in [-0.25, -0.2) is 0 Å². The first-order valence-corrected chi connectivity index (χ1v) is 6.06. The summed E-state index contributed by atoms with van der Waals surface area (Å²) in [5.74, 6) is 1.20. The van der Waals surface area contributed by atoms with Gasteiger partial charge in [-0.15, -0.1) is 0 Å². The highest BCUT2D eigenvalue weighted by Gasteiger charge is 2.64. The van der Waals surface area contributed by atoms with Gasteiger partial charge in [-0.05, 0) is 37.5 Å². The van der Waals surface area contributed by atoms with Crippen LogP contribution in [0.5, 0.6) is 0 Å². The standard InChI is InChI=1S/C13H27N3/c1-11(2,3)16-10(14)15-8-9-12(4,5)13(9,6)7/h9H,8H2,1-7H3,(H3,14,15,16). The van der Waals surface area contributed by atoms with Gasteiger partial charge in [-0.1, -0.05) is 27.7 Å². The lowest BCUT2D eigenvalue weighted by atomic mass is 10.0. The van der Waals surface area contributed by atoms with Crippen molar-refractivity contribution < 1.29 is 0 Å². The predicted octanol–water partition coefficient (Wildman–Crippen LogP) is 2.37. The molecule has 0 aliphatic heterocycles. The summed E-state index contributed by atoms with van der Waals surface area (Å²) in [6, 6.07) is 0. The fourth-order valence-corrected chi connectivity index (χ4v) is 2.40. The number of nitrogens with one attached hydrogen (secondary N) is 1. The number of hydrogen-bond acceptors (Lipinski definition) is 1. The fourth-order valence-electron chi connectivity index (χ4n) is 2.40. The molecule has 0 aromatic heterocycles. The Bertz CT molecular complexity index is 281. The van der Waals surface area contributed by atoms with Crippen LogP contribution in [0.2, 0.25) is 0 Å². The van der Waals surface area contributed by atoms with Gasteiger partial charge in [0.1, 0.15) is 0 Å². The fraction of sp³-hybridized carbons (Fsp3) is 0.923. The largest absolute Gasteiger partial charge is 0.370 e. The SMILES string of the molecule is CC(C)(C)NC(N)=NCC1C(C)(C)C1(C)C. The van der Waals surface area contributed by atoms with Crippen molar-refractivity contribution in [2.24, 2.45) is 27.5 Å². The summed E-state index contributed by atoms with van der Waals surface area (Å²) in [6.07, 6.45) is 0. The van der Waals surface area contributed by atoms with E-state index in [0.717, 1.165) is 6.54 Å². The van der Waals surface area contributed by atoms with Crippen LogP contribution in [0.25, 0.3) is 0 Å². The lowest BCUT2D eigenvalue weighted by Crippen LogP contribution is -2.45. The summed E-state index contributed by atoms with van der Waals surface area (Å²) < 4.78 is 0. The summed E-state index contributed by atoms with van der Waals surface area (Å²) >= 11 is 0. The third-order valence-electron chi connectivity index (χ3n) is 4.27. The molecule has 1 saturated carbocycles. The number of nitrogens with two attached hydrogens (primary N) is 1. The van der Waals surface area contributed by atoms with Crippen LogP contribution in [0.4, 0.5) is 0 Å². The van der Waals surface area contributed by atoms with Crippen LogP contribution in [0, 0.1) is 16.7 Å². The van der Waals surface area contributed by atoms with Crippen molar-refractivity contribution in [3.05, 3.63) is 0 Å². The molecule has 0 saturated heterocycles. The molecule has 0 radical (unpaired) electrons. The van der Waals surface area contributed by atoms with Gasteiger partial charge in [-0.3, -0.25) is 4.99 Å². The van der Waals surface area contributed by atoms with Crippen molar-refractivity contribution in [2.45, 2.75) is 54.0 Å². The number of nitrogens with zero attached hydrogens (tertiary/aromatic N) is 1. The van der Waals surface area contributed by atoms with E-state index in [1.165, 1.54) is 0 Å². The van der Waals surface area contributed by atoms with E-state index in [9.17, 15) is 0 Å². The Morgan fingerprint density at radius 1 is 1.19 bits per heavy atom. The molecular formula is C13H27N3. The number of hydrogen-bond donors (Lipinski definition) is 2. The zero-order chi connectivity index (χ0) is 12.8. The minimum atomic E-state index is -0.0117. The number of guanidine groups is 1. The molecule has 1 rings (SSSR count). The van der Waals surface area contributed by atoms with E-state index < -0.39 is 0 Å². The molecule has 94 valence electrons. The second-order valence-corrected chi connectivity index (χ2v) is 7.10. The number of aliphatic imine (C=N–C) groups is 1.